The van der Waals surface area contributed by atoms with Crippen LogP contribution >= 0.6 is 11.6 Å². The molecular weight excluding hydrogens is 357 g/mol. The lowest BCUT2D eigenvalue weighted by Crippen LogP contribution is -2.19. The van der Waals surface area contributed by atoms with E-state index in [1.54, 1.807) is 0 Å². The fraction of sp³-hybridized carbons (Fsp3) is 0.294. The molecule has 25 heavy (non-hydrogen) atoms. The molecule has 2 rings (SSSR count). The number of rotatable bonds is 5. The number of halogens is 4. The van der Waals surface area contributed by atoms with E-state index >= 15 is 0 Å². The summed E-state index contributed by atoms with van der Waals surface area (Å²) in [6, 6.07) is 6.85. The zero-order valence-electron chi connectivity index (χ0n) is 13.5. The van der Waals surface area contributed by atoms with E-state index in [-0.39, 0.29) is 24.0 Å². The Morgan fingerprint density at radius 1 is 1.28 bits per heavy atom. The number of carboxylic acid groups (broad SMARTS) is 1. The average Bonchev–Trinajstić information content (AvgIpc) is 2.51. The number of carboxylic acids is 1. The topological polar surface area (TPSA) is 62.2 Å². The molecule has 0 radical (unpaired) electrons. The molecule has 0 aliphatic rings. The van der Waals surface area contributed by atoms with Gasteiger partial charge in [0.05, 0.1) is 11.3 Å². The number of nitrogens with zero attached hydrogens (tertiary/aromatic N) is 1. The highest BCUT2D eigenvalue weighted by molar-refractivity contribution is 6.30. The zero-order chi connectivity index (χ0) is 18.8. The molecule has 0 bridgehead atoms. The molecule has 0 spiro atoms. The molecule has 4 nitrogen and oxygen atoms in total. The molecule has 0 saturated heterocycles. The minimum Gasteiger partial charge on any atom is -0.478 e. The van der Waals surface area contributed by atoms with Crippen molar-refractivity contribution in [3.63, 3.8) is 0 Å². The number of alkyl halides is 3. The van der Waals surface area contributed by atoms with Crippen LogP contribution in [0.3, 0.4) is 0 Å². The summed E-state index contributed by atoms with van der Waals surface area (Å²) in [5, 5.41) is 12.4. The predicted molar refractivity (Wildman–Crippen MR) is 90.0 cm³/mol. The number of nitrogens with one attached hydrogen (secondary N) is 1. The monoisotopic (exact) mass is 372 g/mol. The summed E-state index contributed by atoms with van der Waals surface area (Å²) < 4.78 is 40.2. The Morgan fingerprint density at radius 2 is 1.88 bits per heavy atom. The highest BCUT2D eigenvalue weighted by Crippen LogP contribution is 2.37. The SMILES string of the molecule is CC(C)CNc1nc(-c2ccc(Cl)cc2)cc(C(F)(F)F)c1C(=O)O. The molecule has 1 heterocycles. The van der Waals surface area contributed by atoms with E-state index in [1.807, 2.05) is 13.8 Å². The molecule has 0 saturated carbocycles. The summed E-state index contributed by atoms with van der Waals surface area (Å²) >= 11 is 5.80. The third kappa shape index (κ3) is 4.63. The van der Waals surface area contributed by atoms with E-state index in [0.717, 1.165) is 6.07 Å². The largest absolute Gasteiger partial charge is 0.478 e. The zero-order valence-corrected chi connectivity index (χ0v) is 14.2. The minimum absolute atomic E-state index is 0.0141. The van der Waals surface area contributed by atoms with Gasteiger partial charge < -0.3 is 10.4 Å². The number of hydrogen-bond acceptors (Lipinski definition) is 3. The van der Waals surface area contributed by atoms with Crippen molar-refractivity contribution in [1.82, 2.24) is 4.98 Å². The molecule has 0 aliphatic heterocycles. The molecule has 0 amide bonds. The maximum Gasteiger partial charge on any atom is 0.417 e. The quantitative estimate of drug-likeness (QED) is 0.758. The van der Waals surface area contributed by atoms with Crippen molar-refractivity contribution in [3.05, 3.63) is 46.5 Å². The summed E-state index contributed by atoms with van der Waals surface area (Å²) in [4.78, 5) is 15.5. The summed E-state index contributed by atoms with van der Waals surface area (Å²) in [6.45, 7) is 3.98. The van der Waals surface area contributed by atoms with Gasteiger partial charge in [0.25, 0.3) is 0 Å². The number of carbonyl (C=O) groups is 1. The van der Waals surface area contributed by atoms with Gasteiger partial charge in [0.15, 0.2) is 0 Å². The van der Waals surface area contributed by atoms with Gasteiger partial charge in [0, 0.05) is 17.1 Å². The number of pyridine rings is 1. The first kappa shape index (κ1) is 19.1. The van der Waals surface area contributed by atoms with Crippen LogP contribution < -0.4 is 5.32 Å². The van der Waals surface area contributed by atoms with Crippen LogP contribution in [0.15, 0.2) is 30.3 Å². The first-order chi connectivity index (χ1) is 11.6. The second kappa shape index (κ2) is 7.31. The van der Waals surface area contributed by atoms with Crippen molar-refractivity contribution >= 4 is 23.4 Å². The van der Waals surface area contributed by atoms with E-state index in [1.165, 1.54) is 24.3 Å². The number of aromatic nitrogens is 1. The second-order valence-electron chi connectivity index (χ2n) is 5.86. The number of anilines is 1. The van der Waals surface area contributed by atoms with Gasteiger partial charge in [-0.05, 0) is 24.1 Å². The van der Waals surface area contributed by atoms with Gasteiger partial charge in [-0.25, -0.2) is 9.78 Å². The van der Waals surface area contributed by atoms with Crippen LogP contribution in [0, 0.1) is 5.92 Å². The summed E-state index contributed by atoms with van der Waals surface area (Å²) in [5.74, 6) is -1.90. The van der Waals surface area contributed by atoms with Crippen LogP contribution in [0.4, 0.5) is 19.0 Å². The third-order valence-corrected chi connectivity index (χ3v) is 3.61. The van der Waals surface area contributed by atoms with Gasteiger partial charge in [0.1, 0.15) is 11.4 Å². The molecule has 2 N–H and O–H groups in total. The van der Waals surface area contributed by atoms with E-state index < -0.39 is 23.3 Å². The molecule has 1 aromatic carbocycles. The van der Waals surface area contributed by atoms with E-state index in [9.17, 15) is 23.1 Å². The molecule has 0 atom stereocenters. The summed E-state index contributed by atoms with van der Waals surface area (Å²) in [5.41, 5.74) is -1.71. The fourth-order valence-corrected chi connectivity index (χ4v) is 2.31. The molecule has 0 aliphatic carbocycles. The maximum absolute atomic E-state index is 13.4. The van der Waals surface area contributed by atoms with Gasteiger partial charge in [-0.2, -0.15) is 13.2 Å². The average molecular weight is 373 g/mol. The van der Waals surface area contributed by atoms with E-state index in [4.69, 9.17) is 11.6 Å². The standard InChI is InChI=1S/C17H16ClF3N2O2/c1-9(2)8-22-15-14(16(24)25)12(17(19,20)21)7-13(23-15)10-3-5-11(18)6-4-10/h3-7,9H,8H2,1-2H3,(H,22,23)(H,24,25). The highest BCUT2D eigenvalue weighted by atomic mass is 35.5. The molecule has 134 valence electrons. The highest BCUT2D eigenvalue weighted by Gasteiger charge is 2.38. The number of benzene rings is 1. The Morgan fingerprint density at radius 3 is 2.36 bits per heavy atom. The molecule has 0 unspecified atom stereocenters. The normalized spacial score (nSPS) is 11.6. The van der Waals surface area contributed by atoms with Gasteiger partial charge in [-0.3, -0.25) is 0 Å². The molecule has 1 aromatic heterocycles. The van der Waals surface area contributed by atoms with Crippen molar-refractivity contribution in [3.8, 4) is 11.3 Å². The van der Waals surface area contributed by atoms with Crippen LogP contribution in [0.2, 0.25) is 5.02 Å². The Labute approximate surface area is 147 Å². The first-order valence-corrected chi connectivity index (χ1v) is 7.82. The Hall–Kier alpha value is -2.28. The van der Waals surface area contributed by atoms with Crippen LogP contribution in [-0.2, 0) is 6.18 Å². The lowest BCUT2D eigenvalue weighted by molar-refractivity contribution is -0.138. The van der Waals surface area contributed by atoms with Crippen molar-refractivity contribution < 1.29 is 23.1 Å². The Bertz CT molecular complexity index is 775. The first-order valence-electron chi connectivity index (χ1n) is 7.45. The van der Waals surface area contributed by atoms with Crippen molar-refractivity contribution in [2.24, 2.45) is 5.92 Å². The van der Waals surface area contributed by atoms with Crippen LogP contribution in [0.1, 0.15) is 29.8 Å². The summed E-state index contributed by atoms with van der Waals surface area (Å²) in [6.07, 6.45) is -4.83. The Kier molecular flexibility index (Phi) is 5.57. The number of hydrogen-bond donors (Lipinski definition) is 2. The van der Waals surface area contributed by atoms with Crippen molar-refractivity contribution in [2.75, 3.05) is 11.9 Å². The predicted octanol–water partition coefficient (Wildman–Crippen LogP) is 5.19. The van der Waals surface area contributed by atoms with Crippen LogP contribution in [0.25, 0.3) is 11.3 Å². The van der Waals surface area contributed by atoms with E-state index in [0.29, 0.717) is 10.6 Å². The number of aromatic carboxylic acids is 1. The van der Waals surface area contributed by atoms with E-state index in [2.05, 4.69) is 10.3 Å². The van der Waals surface area contributed by atoms with Gasteiger partial charge in [-0.15, -0.1) is 0 Å². The van der Waals surface area contributed by atoms with Crippen molar-refractivity contribution in [2.45, 2.75) is 20.0 Å². The van der Waals surface area contributed by atoms with Gasteiger partial charge in [0.2, 0.25) is 0 Å². The molecule has 2 aromatic rings. The fourth-order valence-electron chi connectivity index (χ4n) is 2.18. The van der Waals surface area contributed by atoms with Crippen LogP contribution in [-0.4, -0.2) is 22.6 Å². The van der Waals surface area contributed by atoms with Gasteiger partial charge in [-0.1, -0.05) is 37.6 Å². The maximum atomic E-state index is 13.4. The summed E-state index contributed by atoms with van der Waals surface area (Å²) in [7, 11) is 0. The van der Waals surface area contributed by atoms with Crippen LogP contribution in [0.5, 0.6) is 0 Å². The molecular formula is C17H16ClF3N2O2. The minimum atomic E-state index is -4.83. The third-order valence-electron chi connectivity index (χ3n) is 3.36. The lowest BCUT2D eigenvalue weighted by atomic mass is 10.0. The molecule has 0 fully saturated rings. The smallest absolute Gasteiger partial charge is 0.417 e. The molecule has 8 heteroatoms. The Balaban J connectivity index is 2.67. The van der Waals surface area contributed by atoms with Gasteiger partial charge >= 0.3 is 12.1 Å². The lowest BCUT2D eigenvalue weighted by Gasteiger charge is -2.17. The van der Waals surface area contributed by atoms with Crippen molar-refractivity contribution in [1.29, 1.82) is 0 Å². The second-order valence-corrected chi connectivity index (χ2v) is 6.30.